The minimum atomic E-state index is -0.432. The van der Waals surface area contributed by atoms with Crippen LogP contribution in [0.2, 0.25) is 0 Å². The van der Waals surface area contributed by atoms with Gasteiger partial charge in [0.05, 0.1) is 4.92 Å². The summed E-state index contributed by atoms with van der Waals surface area (Å²) in [6, 6.07) is 6.42. The van der Waals surface area contributed by atoms with E-state index >= 15 is 0 Å². The van der Waals surface area contributed by atoms with Crippen molar-refractivity contribution < 1.29 is 4.92 Å². The van der Waals surface area contributed by atoms with Crippen LogP contribution in [0.25, 0.3) is 0 Å². The highest BCUT2D eigenvalue weighted by Crippen LogP contribution is 2.22. The number of hydrazine groups is 1. The van der Waals surface area contributed by atoms with Crippen LogP contribution in [0, 0.1) is 16.0 Å². The highest BCUT2D eigenvalue weighted by Gasteiger charge is 2.12. The van der Waals surface area contributed by atoms with Gasteiger partial charge in [-0.1, -0.05) is 45.2 Å². The minimum Gasteiger partial charge on any atom is -0.361 e. The van der Waals surface area contributed by atoms with Crippen molar-refractivity contribution in [1.82, 2.24) is 10.7 Å². The van der Waals surface area contributed by atoms with Gasteiger partial charge >= 0.3 is 0 Å². The molecular formula is C15H24N4O2S. The second-order valence-corrected chi connectivity index (χ2v) is 5.56. The Balaban J connectivity index is 2.42. The van der Waals surface area contributed by atoms with E-state index in [1.165, 1.54) is 25.3 Å². The first-order chi connectivity index (χ1) is 10.6. The molecule has 0 saturated carbocycles. The van der Waals surface area contributed by atoms with Crippen molar-refractivity contribution in [1.29, 1.82) is 0 Å². The standard InChI is InChI=1S/C15H24N4O2S/c1-3-5-8-12(4-2)11-16-15(22)18-17-13-9-6-7-10-14(13)19(20)21/h6-7,9-10,12,17H,3-5,8,11H2,1-2H3,(H2,16,18,22)/t12-/m0/s1. The summed E-state index contributed by atoms with van der Waals surface area (Å²) in [5.41, 5.74) is 5.97. The third kappa shape index (κ3) is 6.26. The molecule has 0 amide bonds. The van der Waals surface area contributed by atoms with E-state index in [-0.39, 0.29) is 5.69 Å². The smallest absolute Gasteiger partial charge is 0.294 e. The van der Waals surface area contributed by atoms with Gasteiger partial charge in [0.25, 0.3) is 5.69 Å². The molecule has 0 aliphatic heterocycles. The monoisotopic (exact) mass is 324 g/mol. The average molecular weight is 324 g/mol. The van der Waals surface area contributed by atoms with Crippen molar-refractivity contribution >= 4 is 28.7 Å². The van der Waals surface area contributed by atoms with E-state index in [4.69, 9.17) is 12.2 Å². The molecule has 0 aromatic heterocycles. The maximum absolute atomic E-state index is 10.9. The zero-order valence-corrected chi connectivity index (χ0v) is 13.9. The first kappa shape index (κ1) is 18.2. The molecular weight excluding hydrogens is 300 g/mol. The van der Waals surface area contributed by atoms with Crippen molar-refractivity contribution in [3.05, 3.63) is 34.4 Å². The molecule has 0 radical (unpaired) electrons. The van der Waals surface area contributed by atoms with E-state index in [1.54, 1.807) is 18.2 Å². The van der Waals surface area contributed by atoms with Crippen LogP contribution in [-0.2, 0) is 0 Å². The largest absolute Gasteiger partial charge is 0.361 e. The minimum absolute atomic E-state index is 0.00665. The lowest BCUT2D eigenvalue weighted by atomic mass is 9.99. The zero-order chi connectivity index (χ0) is 16.4. The molecule has 0 fully saturated rings. The van der Waals surface area contributed by atoms with Crippen LogP contribution in [0.1, 0.15) is 39.5 Å². The SMILES string of the molecule is CCCC[C@H](CC)CNC(=S)NNc1ccccc1[N+](=O)[O-]. The Kier molecular flexibility index (Phi) is 8.21. The molecule has 0 aliphatic rings. The maximum Gasteiger partial charge on any atom is 0.294 e. The number of anilines is 1. The number of nitro groups is 1. The fourth-order valence-electron chi connectivity index (χ4n) is 2.09. The molecule has 6 nitrogen and oxygen atoms in total. The Morgan fingerprint density at radius 3 is 2.73 bits per heavy atom. The molecule has 1 aromatic carbocycles. The molecule has 0 heterocycles. The van der Waals surface area contributed by atoms with Gasteiger partial charge in [0.1, 0.15) is 5.69 Å². The Bertz CT molecular complexity index is 496. The lowest BCUT2D eigenvalue weighted by molar-refractivity contribution is -0.384. The molecule has 0 bridgehead atoms. The van der Waals surface area contributed by atoms with E-state index in [0.717, 1.165) is 13.0 Å². The summed E-state index contributed by atoms with van der Waals surface area (Å²) in [6.45, 7) is 5.16. The molecule has 0 spiro atoms. The molecule has 22 heavy (non-hydrogen) atoms. The summed E-state index contributed by atoms with van der Waals surface area (Å²) < 4.78 is 0. The van der Waals surface area contributed by atoms with Crippen LogP contribution >= 0.6 is 12.2 Å². The van der Waals surface area contributed by atoms with Gasteiger partial charge in [-0.15, -0.1) is 0 Å². The second-order valence-electron chi connectivity index (χ2n) is 5.15. The number of nitrogens with one attached hydrogen (secondary N) is 3. The number of para-hydroxylation sites is 2. The van der Waals surface area contributed by atoms with Crippen LogP contribution in [-0.4, -0.2) is 16.6 Å². The molecule has 1 rings (SSSR count). The van der Waals surface area contributed by atoms with Gasteiger partial charge in [-0.2, -0.15) is 0 Å². The number of rotatable bonds is 9. The van der Waals surface area contributed by atoms with Crippen molar-refractivity contribution in [2.75, 3.05) is 12.0 Å². The van der Waals surface area contributed by atoms with Gasteiger partial charge in [-0.25, -0.2) is 0 Å². The van der Waals surface area contributed by atoms with E-state index in [1.807, 2.05) is 0 Å². The van der Waals surface area contributed by atoms with Gasteiger partial charge in [0, 0.05) is 12.6 Å². The molecule has 0 unspecified atom stereocenters. The summed E-state index contributed by atoms with van der Waals surface area (Å²) in [5.74, 6) is 0.589. The first-order valence-corrected chi connectivity index (χ1v) is 8.02. The number of hydrogen-bond acceptors (Lipinski definition) is 4. The molecule has 0 aliphatic carbocycles. The average Bonchev–Trinajstić information content (AvgIpc) is 2.53. The summed E-state index contributed by atoms with van der Waals surface area (Å²) in [5, 5.41) is 14.5. The topological polar surface area (TPSA) is 79.2 Å². The van der Waals surface area contributed by atoms with Crippen LogP contribution in [0.15, 0.2) is 24.3 Å². The van der Waals surface area contributed by atoms with Crippen LogP contribution in [0.3, 0.4) is 0 Å². The number of nitrogens with zero attached hydrogens (tertiary/aromatic N) is 1. The van der Waals surface area contributed by atoms with Gasteiger partial charge in [-0.3, -0.25) is 21.0 Å². The third-order valence-electron chi connectivity index (χ3n) is 3.51. The van der Waals surface area contributed by atoms with Crippen molar-refractivity contribution in [2.45, 2.75) is 39.5 Å². The molecule has 122 valence electrons. The number of thiocarbonyl (C=S) groups is 1. The summed E-state index contributed by atoms with van der Waals surface area (Å²) in [7, 11) is 0. The maximum atomic E-state index is 10.9. The van der Waals surface area contributed by atoms with Gasteiger partial charge in [-0.05, 0) is 30.6 Å². The normalized spacial score (nSPS) is 11.5. The summed E-state index contributed by atoms with van der Waals surface area (Å²) in [6.07, 6.45) is 4.70. The lowest BCUT2D eigenvalue weighted by Gasteiger charge is -2.17. The Hall–Kier alpha value is -1.89. The van der Waals surface area contributed by atoms with Crippen LogP contribution < -0.4 is 16.2 Å². The Morgan fingerprint density at radius 2 is 2.09 bits per heavy atom. The van der Waals surface area contributed by atoms with Gasteiger partial charge < -0.3 is 5.32 Å². The number of benzene rings is 1. The summed E-state index contributed by atoms with van der Waals surface area (Å²) in [4.78, 5) is 10.5. The molecule has 0 saturated heterocycles. The van der Waals surface area contributed by atoms with E-state index in [0.29, 0.717) is 16.7 Å². The lowest BCUT2D eigenvalue weighted by Crippen LogP contribution is -2.41. The van der Waals surface area contributed by atoms with Gasteiger partial charge in [0.15, 0.2) is 5.11 Å². The predicted molar refractivity (Wildman–Crippen MR) is 93.8 cm³/mol. The van der Waals surface area contributed by atoms with E-state index < -0.39 is 4.92 Å². The fourth-order valence-corrected chi connectivity index (χ4v) is 2.22. The number of nitro benzene ring substituents is 1. The zero-order valence-electron chi connectivity index (χ0n) is 13.1. The van der Waals surface area contributed by atoms with E-state index in [9.17, 15) is 10.1 Å². The molecule has 1 atom stereocenters. The Labute approximate surface area is 136 Å². The van der Waals surface area contributed by atoms with Gasteiger partial charge in [0.2, 0.25) is 0 Å². The molecule has 3 N–H and O–H groups in total. The summed E-state index contributed by atoms with van der Waals surface area (Å²) >= 11 is 5.19. The van der Waals surface area contributed by atoms with Crippen molar-refractivity contribution in [2.24, 2.45) is 5.92 Å². The number of unbranched alkanes of at least 4 members (excludes halogenated alkanes) is 1. The highest BCUT2D eigenvalue weighted by molar-refractivity contribution is 7.80. The quantitative estimate of drug-likeness (QED) is 0.366. The first-order valence-electron chi connectivity index (χ1n) is 7.61. The predicted octanol–water partition coefficient (Wildman–Crippen LogP) is 3.60. The Morgan fingerprint density at radius 1 is 1.36 bits per heavy atom. The molecule has 7 heteroatoms. The third-order valence-corrected chi connectivity index (χ3v) is 3.75. The number of hydrogen-bond donors (Lipinski definition) is 3. The van der Waals surface area contributed by atoms with Crippen molar-refractivity contribution in [3.8, 4) is 0 Å². The highest BCUT2D eigenvalue weighted by atomic mass is 32.1. The fraction of sp³-hybridized carbons (Fsp3) is 0.533. The molecule has 1 aromatic rings. The second kappa shape index (κ2) is 9.94. The van der Waals surface area contributed by atoms with Crippen LogP contribution in [0.5, 0.6) is 0 Å². The van der Waals surface area contributed by atoms with E-state index in [2.05, 4.69) is 30.0 Å². The van der Waals surface area contributed by atoms with Crippen molar-refractivity contribution in [3.63, 3.8) is 0 Å². The van der Waals surface area contributed by atoms with Crippen LogP contribution in [0.4, 0.5) is 11.4 Å².